The number of aromatic nitrogens is 1. The van der Waals surface area contributed by atoms with Crippen LogP contribution in [0.2, 0.25) is 0 Å². The molecule has 24 heavy (non-hydrogen) atoms. The highest BCUT2D eigenvalue weighted by atomic mass is 32.1. The number of amides is 1. The lowest BCUT2D eigenvalue weighted by Gasteiger charge is -2.08. The smallest absolute Gasteiger partial charge is 0.257 e. The van der Waals surface area contributed by atoms with E-state index in [1.54, 1.807) is 18.2 Å². The van der Waals surface area contributed by atoms with Crippen molar-refractivity contribution in [3.8, 4) is 6.07 Å². The van der Waals surface area contributed by atoms with Crippen LogP contribution >= 0.6 is 11.3 Å². The maximum Gasteiger partial charge on any atom is 0.257 e. The Kier molecular flexibility index (Phi) is 4.56. The van der Waals surface area contributed by atoms with Crippen molar-refractivity contribution in [3.63, 3.8) is 0 Å². The number of anilines is 1. The molecule has 0 saturated carbocycles. The molecule has 0 bridgehead atoms. The van der Waals surface area contributed by atoms with E-state index in [2.05, 4.69) is 16.4 Å². The third kappa shape index (κ3) is 3.27. The maximum atomic E-state index is 12.6. The fourth-order valence-corrected chi connectivity index (χ4v) is 3.46. The SMILES string of the molecule is Cc1ccc2nc(NC(=O)c3ccc(C#N)cc3CCN)sc2c1. The number of aryl methyl sites for hydroxylation is 1. The molecule has 3 N–H and O–H groups in total. The molecule has 1 amide bonds. The van der Waals surface area contributed by atoms with E-state index in [4.69, 9.17) is 11.0 Å². The minimum absolute atomic E-state index is 0.237. The van der Waals surface area contributed by atoms with Gasteiger partial charge >= 0.3 is 0 Å². The van der Waals surface area contributed by atoms with Gasteiger partial charge in [-0.1, -0.05) is 17.4 Å². The first-order chi connectivity index (χ1) is 11.6. The molecule has 0 fully saturated rings. The van der Waals surface area contributed by atoms with Crippen molar-refractivity contribution >= 4 is 32.6 Å². The molecule has 3 rings (SSSR count). The largest absolute Gasteiger partial charge is 0.330 e. The van der Waals surface area contributed by atoms with Gasteiger partial charge in [0.1, 0.15) is 0 Å². The van der Waals surface area contributed by atoms with Crippen LogP contribution in [0.25, 0.3) is 10.2 Å². The van der Waals surface area contributed by atoms with Gasteiger partial charge in [-0.05, 0) is 61.3 Å². The van der Waals surface area contributed by atoms with E-state index in [0.717, 1.165) is 21.3 Å². The first kappa shape index (κ1) is 16.1. The predicted octanol–water partition coefficient (Wildman–Crippen LogP) is 3.23. The fraction of sp³-hybridized carbons (Fsp3) is 0.167. The van der Waals surface area contributed by atoms with Crippen molar-refractivity contribution in [3.05, 3.63) is 58.7 Å². The van der Waals surface area contributed by atoms with E-state index in [-0.39, 0.29) is 5.91 Å². The summed E-state index contributed by atoms with van der Waals surface area (Å²) in [5.74, 6) is -0.237. The van der Waals surface area contributed by atoms with Crippen LogP contribution in [0.4, 0.5) is 5.13 Å². The topological polar surface area (TPSA) is 91.8 Å². The summed E-state index contributed by atoms with van der Waals surface area (Å²) < 4.78 is 1.03. The number of rotatable bonds is 4. The minimum atomic E-state index is -0.237. The van der Waals surface area contributed by atoms with Crippen molar-refractivity contribution in [2.75, 3.05) is 11.9 Å². The van der Waals surface area contributed by atoms with Crippen LogP contribution in [0.3, 0.4) is 0 Å². The van der Waals surface area contributed by atoms with Gasteiger partial charge in [0, 0.05) is 5.56 Å². The molecule has 0 spiro atoms. The number of carbonyl (C=O) groups excluding carboxylic acids is 1. The Hall–Kier alpha value is -2.75. The number of nitriles is 1. The first-order valence-electron chi connectivity index (χ1n) is 7.52. The Labute approximate surface area is 143 Å². The van der Waals surface area contributed by atoms with Crippen LogP contribution in [0, 0.1) is 18.3 Å². The molecule has 120 valence electrons. The van der Waals surface area contributed by atoms with E-state index in [0.29, 0.717) is 29.2 Å². The van der Waals surface area contributed by atoms with Gasteiger partial charge in [-0.15, -0.1) is 0 Å². The van der Waals surface area contributed by atoms with Gasteiger partial charge in [0.2, 0.25) is 0 Å². The molecular formula is C18H16N4OS. The van der Waals surface area contributed by atoms with Crippen LogP contribution < -0.4 is 11.1 Å². The highest BCUT2D eigenvalue weighted by Gasteiger charge is 2.14. The zero-order valence-corrected chi connectivity index (χ0v) is 14.0. The number of fused-ring (bicyclic) bond motifs is 1. The van der Waals surface area contributed by atoms with Crippen molar-refractivity contribution < 1.29 is 4.79 Å². The average Bonchev–Trinajstić information content (AvgIpc) is 2.96. The molecule has 6 heteroatoms. The van der Waals surface area contributed by atoms with Gasteiger partial charge in [-0.25, -0.2) is 4.98 Å². The molecule has 3 aromatic rings. The third-order valence-corrected chi connectivity index (χ3v) is 4.59. The average molecular weight is 336 g/mol. The number of nitrogens with one attached hydrogen (secondary N) is 1. The van der Waals surface area contributed by atoms with Crippen LogP contribution in [0.1, 0.15) is 27.0 Å². The summed E-state index contributed by atoms with van der Waals surface area (Å²) in [5, 5.41) is 12.4. The standard InChI is InChI=1S/C18H16N4OS/c1-11-2-5-15-16(8-11)24-18(21-15)22-17(23)14-4-3-12(10-20)9-13(14)6-7-19/h2-5,8-9H,6-7,19H2,1H3,(H,21,22,23). The van der Waals surface area contributed by atoms with Gasteiger partial charge in [0.25, 0.3) is 5.91 Å². The molecule has 0 radical (unpaired) electrons. The lowest BCUT2D eigenvalue weighted by Crippen LogP contribution is -2.16. The molecule has 1 heterocycles. The Morgan fingerprint density at radius 2 is 2.17 bits per heavy atom. The van der Waals surface area contributed by atoms with Gasteiger partial charge < -0.3 is 5.73 Å². The number of benzene rings is 2. The monoisotopic (exact) mass is 336 g/mol. The number of hydrogen-bond acceptors (Lipinski definition) is 5. The summed E-state index contributed by atoms with van der Waals surface area (Å²) in [7, 11) is 0. The number of carbonyl (C=O) groups is 1. The molecule has 0 aliphatic carbocycles. The molecule has 2 aromatic carbocycles. The summed E-state index contributed by atoms with van der Waals surface area (Å²) in [6.07, 6.45) is 0.539. The number of nitrogens with zero attached hydrogens (tertiary/aromatic N) is 2. The van der Waals surface area contributed by atoms with E-state index in [1.165, 1.54) is 11.3 Å². The van der Waals surface area contributed by atoms with E-state index in [9.17, 15) is 4.79 Å². The van der Waals surface area contributed by atoms with Crippen molar-refractivity contribution in [2.45, 2.75) is 13.3 Å². The molecule has 0 aliphatic heterocycles. The highest BCUT2D eigenvalue weighted by Crippen LogP contribution is 2.27. The lowest BCUT2D eigenvalue weighted by molar-refractivity contribution is 0.102. The number of hydrogen-bond donors (Lipinski definition) is 2. The second kappa shape index (κ2) is 6.79. The van der Waals surface area contributed by atoms with Gasteiger partial charge in [-0.3, -0.25) is 10.1 Å². The van der Waals surface area contributed by atoms with Crippen molar-refractivity contribution in [1.82, 2.24) is 4.98 Å². The second-order valence-electron chi connectivity index (χ2n) is 5.47. The Morgan fingerprint density at radius 3 is 2.92 bits per heavy atom. The number of thiazole rings is 1. The van der Waals surface area contributed by atoms with Crippen molar-refractivity contribution in [2.24, 2.45) is 5.73 Å². The van der Waals surface area contributed by atoms with Gasteiger partial charge in [-0.2, -0.15) is 5.26 Å². The summed E-state index contributed by atoms with van der Waals surface area (Å²) >= 11 is 1.44. The van der Waals surface area contributed by atoms with Gasteiger partial charge in [0.05, 0.1) is 21.8 Å². The van der Waals surface area contributed by atoms with Crippen LogP contribution in [0.15, 0.2) is 36.4 Å². The third-order valence-electron chi connectivity index (χ3n) is 3.66. The Balaban J connectivity index is 1.89. The second-order valence-corrected chi connectivity index (χ2v) is 6.50. The zero-order chi connectivity index (χ0) is 17.1. The highest BCUT2D eigenvalue weighted by molar-refractivity contribution is 7.22. The summed E-state index contributed by atoms with van der Waals surface area (Å²) in [4.78, 5) is 17.0. The van der Waals surface area contributed by atoms with Crippen LogP contribution in [-0.2, 0) is 6.42 Å². The molecular weight excluding hydrogens is 320 g/mol. The van der Waals surface area contributed by atoms with E-state index in [1.807, 2.05) is 25.1 Å². The number of nitrogens with two attached hydrogens (primary N) is 1. The molecule has 0 saturated heterocycles. The summed E-state index contributed by atoms with van der Waals surface area (Å²) in [5.41, 5.74) is 9.44. The maximum absolute atomic E-state index is 12.6. The normalized spacial score (nSPS) is 10.5. The van der Waals surface area contributed by atoms with Crippen LogP contribution in [0.5, 0.6) is 0 Å². The van der Waals surface area contributed by atoms with E-state index < -0.39 is 0 Å². The Morgan fingerprint density at radius 1 is 1.33 bits per heavy atom. The quantitative estimate of drug-likeness (QED) is 0.765. The molecule has 5 nitrogen and oxygen atoms in total. The minimum Gasteiger partial charge on any atom is -0.330 e. The molecule has 0 atom stereocenters. The summed E-state index contributed by atoms with van der Waals surface area (Å²) in [6, 6.07) is 13.1. The Bertz CT molecular complexity index is 955. The summed E-state index contributed by atoms with van der Waals surface area (Å²) in [6.45, 7) is 2.43. The van der Waals surface area contributed by atoms with Gasteiger partial charge in [0.15, 0.2) is 5.13 Å². The van der Waals surface area contributed by atoms with Crippen molar-refractivity contribution in [1.29, 1.82) is 5.26 Å². The van der Waals surface area contributed by atoms with Crippen LogP contribution in [-0.4, -0.2) is 17.4 Å². The molecule has 0 aliphatic rings. The molecule has 0 unspecified atom stereocenters. The predicted molar refractivity (Wildman–Crippen MR) is 96.2 cm³/mol. The lowest BCUT2D eigenvalue weighted by atomic mass is 10.0. The first-order valence-corrected chi connectivity index (χ1v) is 8.34. The molecule has 1 aromatic heterocycles. The zero-order valence-electron chi connectivity index (χ0n) is 13.2. The van der Waals surface area contributed by atoms with E-state index >= 15 is 0 Å². The fourth-order valence-electron chi connectivity index (χ4n) is 2.50.